The average molecular weight is 365 g/mol. The molecule has 5 nitrogen and oxygen atoms in total. The largest absolute Gasteiger partial charge is 0.492 e. The maximum Gasteiger partial charge on any atom is 0.269 e. The highest BCUT2D eigenvalue weighted by molar-refractivity contribution is 5.93. The third kappa shape index (κ3) is 5.58. The summed E-state index contributed by atoms with van der Waals surface area (Å²) in [4.78, 5) is 16.6. The number of aromatic nitrogens is 1. The Labute approximate surface area is 160 Å². The number of ether oxygens (including phenoxy) is 1. The number of pyridine rings is 1. The van der Waals surface area contributed by atoms with E-state index in [0.29, 0.717) is 18.8 Å². The van der Waals surface area contributed by atoms with E-state index in [0.717, 1.165) is 30.0 Å². The summed E-state index contributed by atoms with van der Waals surface area (Å²) in [6.07, 6.45) is 9.75. The van der Waals surface area contributed by atoms with E-state index in [1.165, 1.54) is 24.8 Å². The molecule has 142 valence electrons. The van der Waals surface area contributed by atoms with Gasteiger partial charge < -0.3 is 15.4 Å². The van der Waals surface area contributed by atoms with Gasteiger partial charge in [0.15, 0.2) is 0 Å². The molecule has 2 N–H and O–H groups in total. The van der Waals surface area contributed by atoms with Crippen LogP contribution < -0.4 is 15.4 Å². The van der Waals surface area contributed by atoms with Gasteiger partial charge in [-0.25, -0.2) is 0 Å². The third-order valence-corrected chi connectivity index (χ3v) is 4.58. The fraction of sp³-hybridized carbons (Fsp3) is 0.364. The van der Waals surface area contributed by atoms with Crippen LogP contribution in [-0.4, -0.2) is 24.0 Å². The fourth-order valence-corrected chi connectivity index (χ4v) is 3.20. The monoisotopic (exact) mass is 365 g/mol. The second-order valence-corrected chi connectivity index (χ2v) is 6.60. The number of nitrogens with one attached hydrogen (secondary N) is 2. The van der Waals surface area contributed by atoms with Gasteiger partial charge in [0.2, 0.25) is 0 Å². The Balaban J connectivity index is 1.59. The van der Waals surface area contributed by atoms with E-state index in [2.05, 4.69) is 21.7 Å². The van der Waals surface area contributed by atoms with Gasteiger partial charge in [0.1, 0.15) is 11.4 Å². The summed E-state index contributed by atoms with van der Waals surface area (Å²) in [5.74, 6) is 0.636. The molecular formula is C22H27N3O2. The summed E-state index contributed by atoms with van der Waals surface area (Å²) in [6, 6.07) is 11.3. The molecule has 5 heteroatoms. The highest BCUT2D eigenvalue weighted by Gasteiger charge is 2.10. The second kappa shape index (κ2) is 9.76. The van der Waals surface area contributed by atoms with Crippen LogP contribution in [0.5, 0.6) is 5.75 Å². The highest BCUT2D eigenvalue weighted by atomic mass is 16.5. The second-order valence-electron chi connectivity index (χ2n) is 6.60. The molecule has 0 atom stereocenters. The number of para-hydroxylation sites is 2. The molecule has 0 saturated carbocycles. The van der Waals surface area contributed by atoms with Crippen LogP contribution >= 0.6 is 0 Å². The quantitative estimate of drug-likeness (QED) is 0.657. The van der Waals surface area contributed by atoms with Gasteiger partial charge >= 0.3 is 0 Å². The van der Waals surface area contributed by atoms with Crippen LogP contribution in [0.25, 0.3) is 0 Å². The van der Waals surface area contributed by atoms with Crippen LogP contribution in [0, 0.1) is 0 Å². The molecule has 1 heterocycles. The topological polar surface area (TPSA) is 63.2 Å². The molecule has 0 unspecified atom stereocenters. The lowest BCUT2D eigenvalue weighted by Crippen LogP contribution is -2.25. The fourth-order valence-electron chi connectivity index (χ4n) is 3.20. The zero-order chi connectivity index (χ0) is 18.9. The number of carbonyl (C=O) groups is 1. The molecule has 3 rings (SSSR count). The zero-order valence-electron chi connectivity index (χ0n) is 15.8. The number of nitrogens with zero attached hydrogens (tertiary/aromatic N) is 1. The summed E-state index contributed by atoms with van der Waals surface area (Å²) >= 11 is 0. The number of carbonyl (C=O) groups excluding carboxylic acids is 1. The van der Waals surface area contributed by atoms with E-state index in [-0.39, 0.29) is 5.91 Å². The number of hydrogen-bond donors (Lipinski definition) is 2. The molecule has 0 fully saturated rings. The number of hydrogen-bond acceptors (Lipinski definition) is 4. The number of allylic oxidation sites excluding steroid dienone is 1. The Hall–Kier alpha value is -2.82. The molecule has 1 amide bonds. The lowest BCUT2D eigenvalue weighted by molar-refractivity contribution is 0.0949. The van der Waals surface area contributed by atoms with Crippen molar-refractivity contribution < 1.29 is 9.53 Å². The summed E-state index contributed by atoms with van der Waals surface area (Å²) in [5.41, 5.74) is 3.53. The third-order valence-electron chi connectivity index (χ3n) is 4.58. The Morgan fingerprint density at radius 1 is 1.22 bits per heavy atom. The maximum atomic E-state index is 12.4. The molecule has 0 radical (unpaired) electrons. The van der Waals surface area contributed by atoms with Crippen molar-refractivity contribution in [3.8, 4) is 5.75 Å². The first-order valence-electron chi connectivity index (χ1n) is 9.67. The van der Waals surface area contributed by atoms with Gasteiger partial charge in [-0.3, -0.25) is 9.78 Å². The number of anilines is 2. The van der Waals surface area contributed by atoms with Gasteiger partial charge in [0.25, 0.3) is 5.91 Å². The van der Waals surface area contributed by atoms with Crippen molar-refractivity contribution >= 4 is 17.3 Å². The molecule has 0 aliphatic heterocycles. The number of amides is 1. The van der Waals surface area contributed by atoms with Gasteiger partial charge in [-0.05, 0) is 63.3 Å². The Morgan fingerprint density at radius 2 is 2.11 bits per heavy atom. The molecule has 1 aliphatic carbocycles. The Kier molecular flexibility index (Phi) is 6.85. The van der Waals surface area contributed by atoms with Gasteiger partial charge in [0, 0.05) is 18.4 Å². The van der Waals surface area contributed by atoms with Crippen LogP contribution in [0.2, 0.25) is 0 Å². The lowest BCUT2D eigenvalue weighted by Gasteiger charge is -2.14. The summed E-state index contributed by atoms with van der Waals surface area (Å²) in [6.45, 7) is 3.20. The average Bonchev–Trinajstić information content (AvgIpc) is 2.71. The molecule has 0 bridgehead atoms. The van der Waals surface area contributed by atoms with Crippen molar-refractivity contribution in [1.82, 2.24) is 10.3 Å². The standard InChI is InChI=1S/C22H27N3O2/c1-2-27-21-11-7-6-10-19(21)25-18-13-15-23-20(16-18)22(26)24-14-12-17-8-4-3-5-9-17/h6-8,10-11,13,15-16H,2-5,9,12,14H2,1H3,(H,23,25)(H,24,26). The number of rotatable bonds is 8. The predicted octanol–water partition coefficient (Wildman–Crippen LogP) is 4.84. The van der Waals surface area contributed by atoms with Crippen molar-refractivity contribution in [2.75, 3.05) is 18.5 Å². The van der Waals surface area contributed by atoms with Crippen molar-refractivity contribution in [2.24, 2.45) is 0 Å². The smallest absolute Gasteiger partial charge is 0.269 e. The Morgan fingerprint density at radius 3 is 2.93 bits per heavy atom. The molecule has 27 heavy (non-hydrogen) atoms. The van der Waals surface area contributed by atoms with Gasteiger partial charge in [-0.2, -0.15) is 0 Å². The minimum absolute atomic E-state index is 0.145. The van der Waals surface area contributed by atoms with E-state index < -0.39 is 0 Å². The summed E-state index contributed by atoms with van der Waals surface area (Å²) in [7, 11) is 0. The summed E-state index contributed by atoms with van der Waals surface area (Å²) < 4.78 is 5.63. The molecule has 0 saturated heterocycles. The van der Waals surface area contributed by atoms with Crippen molar-refractivity contribution in [3.63, 3.8) is 0 Å². The molecule has 2 aromatic rings. The van der Waals surface area contributed by atoms with Crippen molar-refractivity contribution in [1.29, 1.82) is 0 Å². The van der Waals surface area contributed by atoms with Crippen LogP contribution in [0.4, 0.5) is 11.4 Å². The minimum atomic E-state index is -0.145. The maximum absolute atomic E-state index is 12.4. The minimum Gasteiger partial charge on any atom is -0.492 e. The van der Waals surface area contributed by atoms with Crippen molar-refractivity contribution in [3.05, 3.63) is 59.9 Å². The van der Waals surface area contributed by atoms with Crippen molar-refractivity contribution in [2.45, 2.75) is 39.0 Å². The SMILES string of the molecule is CCOc1ccccc1Nc1ccnc(C(=O)NCCC2=CCCCC2)c1. The first-order valence-corrected chi connectivity index (χ1v) is 9.67. The van der Waals surface area contributed by atoms with Crippen LogP contribution in [0.15, 0.2) is 54.2 Å². The van der Waals surface area contributed by atoms with E-state index in [1.807, 2.05) is 37.3 Å². The molecule has 1 aliphatic rings. The zero-order valence-corrected chi connectivity index (χ0v) is 15.8. The van der Waals surface area contributed by atoms with Gasteiger partial charge in [-0.1, -0.05) is 23.8 Å². The first kappa shape index (κ1) is 19.0. The molecular weight excluding hydrogens is 338 g/mol. The van der Waals surface area contributed by atoms with Crippen LogP contribution in [0.3, 0.4) is 0 Å². The Bertz CT molecular complexity index is 802. The van der Waals surface area contributed by atoms with Crippen LogP contribution in [-0.2, 0) is 0 Å². The predicted molar refractivity (Wildman–Crippen MR) is 109 cm³/mol. The van der Waals surface area contributed by atoms with E-state index in [4.69, 9.17) is 4.74 Å². The first-order chi connectivity index (χ1) is 13.3. The van der Waals surface area contributed by atoms with E-state index in [9.17, 15) is 4.79 Å². The lowest BCUT2D eigenvalue weighted by atomic mass is 9.97. The normalized spacial score (nSPS) is 13.6. The van der Waals surface area contributed by atoms with Crippen LogP contribution in [0.1, 0.15) is 49.5 Å². The highest BCUT2D eigenvalue weighted by Crippen LogP contribution is 2.27. The number of benzene rings is 1. The molecule has 0 spiro atoms. The molecule has 1 aromatic carbocycles. The van der Waals surface area contributed by atoms with E-state index >= 15 is 0 Å². The summed E-state index contributed by atoms with van der Waals surface area (Å²) in [5, 5.41) is 6.28. The van der Waals surface area contributed by atoms with E-state index in [1.54, 1.807) is 12.3 Å². The van der Waals surface area contributed by atoms with Gasteiger partial charge in [0.05, 0.1) is 12.3 Å². The molecule has 1 aromatic heterocycles. The van der Waals surface area contributed by atoms with Gasteiger partial charge in [-0.15, -0.1) is 0 Å².